The SMILES string of the molecule is CC(C)CN1CCO[C@@H](COc2cnc(OCCN3CCC(C(C)C)CC3)nc2)C1. The predicted octanol–water partition coefficient (Wildman–Crippen LogP) is 2.96. The number of hydrogen-bond acceptors (Lipinski definition) is 7. The first kappa shape index (κ1) is 23.2. The predicted molar refractivity (Wildman–Crippen MR) is 118 cm³/mol. The normalized spacial score (nSPS) is 22.0. The van der Waals surface area contributed by atoms with Gasteiger partial charge in [0.2, 0.25) is 0 Å². The minimum absolute atomic E-state index is 0.0910. The molecule has 1 aromatic heterocycles. The van der Waals surface area contributed by atoms with E-state index in [1.807, 2.05) is 0 Å². The molecule has 2 aliphatic heterocycles. The number of ether oxygens (including phenoxy) is 3. The fraction of sp³-hybridized carbons (Fsp3) is 0.826. The fourth-order valence-electron chi connectivity index (χ4n) is 4.32. The summed E-state index contributed by atoms with van der Waals surface area (Å²) in [5.74, 6) is 2.98. The third-order valence-electron chi connectivity index (χ3n) is 6.10. The Balaban J connectivity index is 1.32. The quantitative estimate of drug-likeness (QED) is 0.577. The zero-order chi connectivity index (χ0) is 21.3. The van der Waals surface area contributed by atoms with Gasteiger partial charge in [0.05, 0.1) is 19.0 Å². The zero-order valence-electron chi connectivity index (χ0n) is 19.3. The van der Waals surface area contributed by atoms with E-state index >= 15 is 0 Å². The van der Waals surface area contributed by atoms with Gasteiger partial charge in [-0.15, -0.1) is 0 Å². The molecule has 0 aliphatic carbocycles. The van der Waals surface area contributed by atoms with Crippen molar-refractivity contribution < 1.29 is 14.2 Å². The second kappa shape index (κ2) is 11.8. The van der Waals surface area contributed by atoms with Crippen molar-refractivity contribution in [3.05, 3.63) is 12.4 Å². The lowest BCUT2D eigenvalue weighted by molar-refractivity contribution is -0.0506. The molecule has 0 amide bonds. The summed E-state index contributed by atoms with van der Waals surface area (Å²) in [6, 6.07) is 0.413. The number of rotatable bonds is 10. The molecule has 170 valence electrons. The molecule has 0 unspecified atom stereocenters. The van der Waals surface area contributed by atoms with E-state index in [0.29, 0.717) is 30.9 Å². The minimum Gasteiger partial charge on any atom is -0.488 e. The summed E-state index contributed by atoms with van der Waals surface area (Å²) in [4.78, 5) is 13.5. The van der Waals surface area contributed by atoms with Gasteiger partial charge in [0, 0.05) is 26.2 Å². The Kier molecular flexibility index (Phi) is 9.15. The van der Waals surface area contributed by atoms with Gasteiger partial charge in [-0.2, -0.15) is 9.97 Å². The maximum absolute atomic E-state index is 5.84. The molecule has 3 heterocycles. The first-order chi connectivity index (χ1) is 14.5. The summed E-state index contributed by atoms with van der Waals surface area (Å²) >= 11 is 0. The van der Waals surface area contributed by atoms with Gasteiger partial charge in [-0.25, -0.2) is 0 Å². The van der Waals surface area contributed by atoms with Crippen LogP contribution in [0.25, 0.3) is 0 Å². The Morgan fingerprint density at radius 1 is 1.03 bits per heavy atom. The van der Waals surface area contributed by atoms with Gasteiger partial charge in [-0.1, -0.05) is 27.7 Å². The van der Waals surface area contributed by atoms with Gasteiger partial charge in [-0.3, -0.25) is 9.80 Å². The van der Waals surface area contributed by atoms with E-state index in [9.17, 15) is 0 Å². The molecule has 1 atom stereocenters. The molecule has 7 nitrogen and oxygen atoms in total. The lowest BCUT2D eigenvalue weighted by atomic mass is 9.87. The maximum Gasteiger partial charge on any atom is 0.316 e. The highest BCUT2D eigenvalue weighted by molar-refractivity contribution is 5.14. The maximum atomic E-state index is 5.84. The Morgan fingerprint density at radius 3 is 2.43 bits per heavy atom. The highest BCUT2D eigenvalue weighted by Crippen LogP contribution is 2.24. The average molecular weight is 421 g/mol. The Morgan fingerprint density at radius 2 is 1.77 bits per heavy atom. The smallest absolute Gasteiger partial charge is 0.316 e. The monoisotopic (exact) mass is 420 g/mol. The standard InChI is InChI=1S/C23H40N4O3/c1-18(2)15-27-10-11-28-22(16-27)17-30-21-13-24-23(25-14-21)29-12-9-26-7-5-20(6-8-26)19(3)4/h13-14,18-20,22H,5-12,15-17H2,1-4H3/t22-/m1/s1. The molecule has 0 saturated carbocycles. The van der Waals surface area contributed by atoms with Crippen LogP contribution in [-0.4, -0.2) is 85.0 Å². The van der Waals surface area contributed by atoms with E-state index in [0.717, 1.165) is 57.7 Å². The van der Waals surface area contributed by atoms with Crippen molar-refractivity contribution in [2.45, 2.75) is 46.6 Å². The third-order valence-corrected chi connectivity index (χ3v) is 6.10. The molecule has 0 spiro atoms. The number of nitrogens with zero attached hydrogens (tertiary/aromatic N) is 4. The molecule has 1 aromatic rings. The van der Waals surface area contributed by atoms with Crippen molar-refractivity contribution in [1.29, 1.82) is 0 Å². The molecule has 0 bridgehead atoms. The summed E-state index contributed by atoms with van der Waals surface area (Å²) in [6.45, 7) is 17.3. The second-order valence-corrected chi connectivity index (χ2v) is 9.43. The molecular formula is C23H40N4O3. The first-order valence-electron chi connectivity index (χ1n) is 11.6. The number of aromatic nitrogens is 2. The minimum atomic E-state index is 0.0910. The van der Waals surface area contributed by atoms with E-state index in [-0.39, 0.29) is 6.10 Å². The van der Waals surface area contributed by atoms with Crippen LogP contribution < -0.4 is 9.47 Å². The Hall–Kier alpha value is -1.44. The molecule has 3 rings (SSSR count). The van der Waals surface area contributed by atoms with E-state index < -0.39 is 0 Å². The van der Waals surface area contributed by atoms with Crippen LogP contribution in [0.1, 0.15) is 40.5 Å². The Labute approximate surface area is 182 Å². The highest BCUT2D eigenvalue weighted by Gasteiger charge is 2.22. The van der Waals surface area contributed by atoms with Gasteiger partial charge in [0.15, 0.2) is 5.75 Å². The van der Waals surface area contributed by atoms with E-state index in [1.54, 1.807) is 12.4 Å². The summed E-state index contributed by atoms with van der Waals surface area (Å²) in [7, 11) is 0. The first-order valence-corrected chi connectivity index (χ1v) is 11.6. The van der Waals surface area contributed by atoms with Crippen molar-refractivity contribution in [3.63, 3.8) is 0 Å². The van der Waals surface area contributed by atoms with Crippen LogP contribution in [-0.2, 0) is 4.74 Å². The van der Waals surface area contributed by atoms with Gasteiger partial charge >= 0.3 is 6.01 Å². The number of likely N-dealkylation sites (tertiary alicyclic amines) is 1. The molecule has 7 heteroatoms. The van der Waals surface area contributed by atoms with Crippen LogP contribution in [0.15, 0.2) is 12.4 Å². The number of hydrogen-bond donors (Lipinski definition) is 0. The number of piperidine rings is 1. The largest absolute Gasteiger partial charge is 0.488 e. The van der Waals surface area contributed by atoms with E-state index in [4.69, 9.17) is 14.2 Å². The lowest BCUT2D eigenvalue weighted by Crippen LogP contribution is -2.46. The van der Waals surface area contributed by atoms with Gasteiger partial charge < -0.3 is 14.2 Å². The summed E-state index contributed by atoms with van der Waals surface area (Å²) in [5, 5.41) is 0. The lowest BCUT2D eigenvalue weighted by Gasteiger charge is -2.33. The number of morpholine rings is 1. The molecule has 2 saturated heterocycles. The molecule has 0 radical (unpaired) electrons. The van der Waals surface area contributed by atoms with Gasteiger partial charge in [0.1, 0.15) is 19.3 Å². The van der Waals surface area contributed by atoms with Crippen LogP contribution in [0.4, 0.5) is 0 Å². The molecule has 0 aromatic carbocycles. The second-order valence-electron chi connectivity index (χ2n) is 9.43. The van der Waals surface area contributed by atoms with Crippen LogP contribution >= 0.6 is 0 Å². The summed E-state index contributed by atoms with van der Waals surface area (Å²) in [5.41, 5.74) is 0. The van der Waals surface area contributed by atoms with Crippen LogP contribution in [0, 0.1) is 17.8 Å². The summed E-state index contributed by atoms with van der Waals surface area (Å²) in [6.07, 6.45) is 6.05. The zero-order valence-corrected chi connectivity index (χ0v) is 19.3. The van der Waals surface area contributed by atoms with Crippen molar-refractivity contribution in [2.24, 2.45) is 17.8 Å². The van der Waals surface area contributed by atoms with Gasteiger partial charge in [0.25, 0.3) is 0 Å². The van der Waals surface area contributed by atoms with E-state index in [2.05, 4.69) is 47.5 Å². The topological polar surface area (TPSA) is 60.0 Å². The molecule has 2 fully saturated rings. The fourth-order valence-corrected chi connectivity index (χ4v) is 4.32. The molecule has 0 N–H and O–H groups in total. The van der Waals surface area contributed by atoms with Crippen LogP contribution in [0.2, 0.25) is 0 Å². The van der Waals surface area contributed by atoms with Gasteiger partial charge in [-0.05, 0) is 43.7 Å². The van der Waals surface area contributed by atoms with Crippen molar-refractivity contribution >= 4 is 0 Å². The molecule has 30 heavy (non-hydrogen) atoms. The van der Waals surface area contributed by atoms with Crippen LogP contribution in [0.3, 0.4) is 0 Å². The van der Waals surface area contributed by atoms with Crippen LogP contribution in [0.5, 0.6) is 11.8 Å². The van der Waals surface area contributed by atoms with E-state index in [1.165, 1.54) is 12.8 Å². The van der Waals surface area contributed by atoms with Crippen molar-refractivity contribution in [3.8, 4) is 11.8 Å². The molecule has 2 aliphatic rings. The third kappa shape index (κ3) is 7.67. The summed E-state index contributed by atoms with van der Waals surface area (Å²) < 4.78 is 17.4. The average Bonchev–Trinajstić information content (AvgIpc) is 2.73. The van der Waals surface area contributed by atoms with Crippen molar-refractivity contribution in [2.75, 3.05) is 59.1 Å². The molecular weight excluding hydrogens is 380 g/mol. The highest BCUT2D eigenvalue weighted by atomic mass is 16.5. The Bertz CT molecular complexity index is 603. The van der Waals surface area contributed by atoms with Crippen molar-refractivity contribution in [1.82, 2.24) is 19.8 Å².